The second-order valence-corrected chi connectivity index (χ2v) is 16.3. The summed E-state index contributed by atoms with van der Waals surface area (Å²) in [5.74, 6) is 0. The summed E-state index contributed by atoms with van der Waals surface area (Å²) in [6, 6.07) is 3.18. The van der Waals surface area contributed by atoms with Crippen molar-refractivity contribution in [1.82, 2.24) is 0 Å². The van der Waals surface area contributed by atoms with Crippen LogP contribution in [-0.2, 0) is 0 Å². The monoisotopic (exact) mass is 549 g/mol. The van der Waals surface area contributed by atoms with Gasteiger partial charge in [0.05, 0.1) is 8.80 Å². The second kappa shape index (κ2) is 33.2. The van der Waals surface area contributed by atoms with Gasteiger partial charge in [-0.2, -0.15) is 0 Å². The zero-order chi connectivity index (χ0) is 27.8. The van der Waals surface area contributed by atoms with Crippen molar-refractivity contribution in [3.8, 4) is 0 Å². The Labute approximate surface area is 245 Å². The summed E-state index contributed by atoms with van der Waals surface area (Å²) in [5, 5.41) is 1.87. The Morgan fingerprint density at radius 3 is 0.947 bits per heavy atom. The summed E-state index contributed by atoms with van der Waals surface area (Å²) in [5.41, 5.74) is 0. The predicted octanol–water partition coefficient (Wildman–Crippen LogP) is 14.1. The Hall–Kier alpha value is -0.0431. The highest BCUT2D eigenvalue weighted by Crippen LogP contribution is 2.21. The van der Waals surface area contributed by atoms with Crippen molar-refractivity contribution in [2.75, 3.05) is 0 Å². The quantitative estimate of drug-likeness (QED) is 0.0579. The third-order valence-corrected chi connectivity index (χ3v) is 12.7. The summed E-state index contributed by atoms with van der Waals surface area (Å²) in [6.45, 7) is 9.49. The van der Waals surface area contributed by atoms with Crippen LogP contribution >= 0.6 is 0 Å². The fourth-order valence-corrected chi connectivity index (χ4v) is 9.39. The van der Waals surface area contributed by atoms with Crippen LogP contribution in [0.3, 0.4) is 0 Å². The molecule has 1 heteroatoms. The number of hydrogen-bond donors (Lipinski definition) is 0. The number of hydrogen-bond acceptors (Lipinski definition) is 0. The van der Waals surface area contributed by atoms with E-state index >= 15 is 0 Å². The standard InChI is InChI=1S/C37H76Si/c1-5-8-11-14-17-20-23-26-29-32-35-38(36-33-30-27-24-21-18-15-12-9-6-2)37(4)34-31-28-25-22-19-16-13-10-7-3/h34,38H,5-33,35-36H2,1-4H3. The minimum absolute atomic E-state index is 0.701. The maximum absolute atomic E-state index is 2.71. The van der Waals surface area contributed by atoms with Crippen molar-refractivity contribution >= 4 is 8.80 Å². The molecule has 0 saturated carbocycles. The van der Waals surface area contributed by atoms with E-state index in [9.17, 15) is 0 Å². The summed E-state index contributed by atoms with van der Waals surface area (Å²) in [6.07, 6.45) is 45.1. The van der Waals surface area contributed by atoms with Crippen LogP contribution in [0.25, 0.3) is 0 Å². The lowest BCUT2D eigenvalue weighted by molar-refractivity contribution is 0.560. The first-order valence-electron chi connectivity index (χ1n) is 18.4. The van der Waals surface area contributed by atoms with Crippen molar-refractivity contribution in [2.24, 2.45) is 0 Å². The molecule has 0 aliphatic rings. The highest BCUT2D eigenvalue weighted by atomic mass is 28.3. The first kappa shape index (κ1) is 38.0. The number of allylic oxidation sites excluding steroid dienone is 2. The fraction of sp³-hybridized carbons (Fsp3) is 0.946. The lowest BCUT2D eigenvalue weighted by atomic mass is 10.1. The fourth-order valence-electron chi connectivity index (χ4n) is 6.13. The molecule has 228 valence electrons. The molecule has 38 heavy (non-hydrogen) atoms. The van der Waals surface area contributed by atoms with Crippen molar-refractivity contribution in [1.29, 1.82) is 0 Å². The van der Waals surface area contributed by atoms with Gasteiger partial charge in [-0.15, -0.1) is 0 Å². The second-order valence-electron chi connectivity index (χ2n) is 12.8. The van der Waals surface area contributed by atoms with E-state index in [2.05, 4.69) is 33.8 Å². The van der Waals surface area contributed by atoms with Gasteiger partial charge < -0.3 is 0 Å². The topological polar surface area (TPSA) is 0 Å². The highest BCUT2D eigenvalue weighted by Gasteiger charge is 2.12. The van der Waals surface area contributed by atoms with Crippen molar-refractivity contribution in [3.05, 3.63) is 11.3 Å². The van der Waals surface area contributed by atoms with Crippen molar-refractivity contribution in [3.63, 3.8) is 0 Å². The molecule has 0 amide bonds. The molecule has 0 heterocycles. The molecule has 0 spiro atoms. The van der Waals surface area contributed by atoms with Gasteiger partial charge in [0.15, 0.2) is 0 Å². The molecule has 0 rings (SSSR count). The van der Waals surface area contributed by atoms with E-state index in [1.807, 2.05) is 5.20 Å². The summed E-state index contributed by atoms with van der Waals surface area (Å²) in [7, 11) is -0.701. The van der Waals surface area contributed by atoms with Gasteiger partial charge in [-0.05, 0) is 19.8 Å². The van der Waals surface area contributed by atoms with Crippen LogP contribution in [0.5, 0.6) is 0 Å². The van der Waals surface area contributed by atoms with E-state index in [0.29, 0.717) is 0 Å². The molecule has 0 aliphatic heterocycles. The Bertz CT molecular complexity index is 430. The van der Waals surface area contributed by atoms with Crippen LogP contribution < -0.4 is 0 Å². The predicted molar refractivity (Wildman–Crippen MR) is 181 cm³/mol. The maximum Gasteiger partial charge on any atom is 0.0648 e. The Morgan fingerprint density at radius 2 is 0.632 bits per heavy atom. The van der Waals surface area contributed by atoms with E-state index < -0.39 is 8.80 Å². The Kier molecular flexibility index (Phi) is 33.1. The van der Waals surface area contributed by atoms with Crippen LogP contribution in [-0.4, -0.2) is 8.80 Å². The largest absolute Gasteiger partial charge is 0.0910 e. The van der Waals surface area contributed by atoms with E-state index in [0.717, 1.165) is 0 Å². The first-order chi connectivity index (χ1) is 18.8. The zero-order valence-electron chi connectivity index (χ0n) is 27.6. The van der Waals surface area contributed by atoms with Crippen LogP contribution in [0.15, 0.2) is 11.3 Å². The first-order valence-corrected chi connectivity index (χ1v) is 20.6. The van der Waals surface area contributed by atoms with Crippen LogP contribution in [0.1, 0.15) is 214 Å². The molecular formula is C37H76Si. The minimum atomic E-state index is -0.701. The lowest BCUT2D eigenvalue weighted by Crippen LogP contribution is -2.14. The third-order valence-electron chi connectivity index (χ3n) is 8.98. The molecule has 0 fully saturated rings. The summed E-state index contributed by atoms with van der Waals surface area (Å²) < 4.78 is 0. The zero-order valence-corrected chi connectivity index (χ0v) is 28.7. The molecule has 0 radical (unpaired) electrons. The average Bonchev–Trinajstić information content (AvgIpc) is 2.92. The summed E-state index contributed by atoms with van der Waals surface area (Å²) in [4.78, 5) is 0. The van der Waals surface area contributed by atoms with E-state index in [-0.39, 0.29) is 0 Å². The molecule has 0 aromatic carbocycles. The average molecular weight is 549 g/mol. The van der Waals surface area contributed by atoms with Gasteiger partial charge in [-0.1, -0.05) is 217 Å². The highest BCUT2D eigenvalue weighted by molar-refractivity contribution is 6.66. The van der Waals surface area contributed by atoms with Crippen LogP contribution in [0.4, 0.5) is 0 Å². The third kappa shape index (κ3) is 29.0. The molecule has 0 aromatic heterocycles. The van der Waals surface area contributed by atoms with Gasteiger partial charge in [0.25, 0.3) is 0 Å². The molecule has 0 atom stereocenters. The van der Waals surface area contributed by atoms with Gasteiger partial charge in [0.1, 0.15) is 0 Å². The molecule has 0 nitrogen and oxygen atoms in total. The van der Waals surface area contributed by atoms with E-state index in [1.54, 1.807) is 12.1 Å². The van der Waals surface area contributed by atoms with Gasteiger partial charge in [0.2, 0.25) is 0 Å². The number of rotatable bonds is 32. The normalized spacial score (nSPS) is 12.2. The molecule has 0 aliphatic carbocycles. The molecule has 0 N–H and O–H groups in total. The van der Waals surface area contributed by atoms with Gasteiger partial charge in [-0.3, -0.25) is 0 Å². The maximum atomic E-state index is 2.71. The Morgan fingerprint density at radius 1 is 0.368 bits per heavy atom. The van der Waals surface area contributed by atoms with Gasteiger partial charge >= 0.3 is 0 Å². The van der Waals surface area contributed by atoms with Crippen molar-refractivity contribution < 1.29 is 0 Å². The molecule has 0 aromatic rings. The Balaban J connectivity index is 4.14. The van der Waals surface area contributed by atoms with E-state index in [4.69, 9.17) is 0 Å². The lowest BCUT2D eigenvalue weighted by Gasteiger charge is -2.17. The van der Waals surface area contributed by atoms with Crippen LogP contribution in [0.2, 0.25) is 12.1 Å². The van der Waals surface area contributed by atoms with Crippen LogP contribution in [0, 0.1) is 0 Å². The number of unbranched alkanes of at least 4 members (excludes halogenated alkanes) is 26. The molecule has 0 saturated heterocycles. The van der Waals surface area contributed by atoms with Crippen molar-refractivity contribution in [2.45, 2.75) is 226 Å². The summed E-state index contributed by atoms with van der Waals surface area (Å²) >= 11 is 0. The molecule has 0 unspecified atom stereocenters. The minimum Gasteiger partial charge on any atom is -0.0910 e. The molecular weight excluding hydrogens is 472 g/mol. The van der Waals surface area contributed by atoms with Gasteiger partial charge in [0, 0.05) is 0 Å². The SMILES string of the molecule is CCCCCCCCCCC=C(C)[SiH](CCCCCCCCCCCC)CCCCCCCCCCCC. The van der Waals surface area contributed by atoms with Gasteiger partial charge in [-0.25, -0.2) is 0 Å². The smallest absolute Gasteiger partial charge is 0.0648 e. The van der Waals surface area contributed by atoms with E-state index in [1.165, 1.54) is 186 Å². The molecule has 0 bridgehead atoms.